The minimum atomic E-state index is -0.172. The van der Waals surface area contributed by atoms with Crippen molar-refractivity contribution in [2.24, 2.45) is 52.3 Å². The van der Waals surface area contributed by atoms with Crippen LogP contribution in [0.15, 0.2) is 0 Å². The van der Waals surface area contributed by atoms with Gasteiger partial charge >= 0.3 is 5.97 Å². The molecule has 0 aromatic carbocycles. The van der Waals surface area contributed by atoms with Crippen molar-refractivity contribution in [3.8, 4) is 0 Å². The Labute approximate surface area is 197 Å². The molecule has 0 unspecified atom stereocenters. The molecule has 0 heterocycles. The van der Waals surface area contributed by atoms with Crippen LogP contribution in [-0.4, -0.2) is 23.3 Å². The number of ether oxygens (including phenoxy) is 1. The van der Waals surface area contributed by atoms with E-state index in [2.05, 4.69) is 34.6 Å². The Morgan fingerprint density at radius 2 is 1.66 bits per heavy atom. The fourth-order valence-electron chi connectivity index (χ4n) is 9.55. The van der Waals surface area contributed by atoms with Crippen LogP contribution in [0.2, 0.25) is 0 Å². The topological polar surface area (TPSA) is 46.5 Å². The van der Waals surface area contributed by atoms with Gasteiger partial charge in [0.1, 0.15) is 6.10 Å². The van der Waals surface area contributed by atoms with Gasteiger partial charge in [-0.1, -0.05) is 53.9 Å². The van der Waals surface area contributed by atoms with Crippen molar-refractivity contribution in [1.29, 1.82) is 0 Å². The number of aliphatic hydroxyl groups excluding tert-OH is 1. The third-order valence-electron chi connectivity index (χ3n) is 11.2. The van der Waals surface area contributed by atoms with E-state index in [1.54, 1.807) is 0 Å². The van der Waals surface area contributed by atoms with E-state index in [0.29, 0.717) is 34.5 Å². The van der Waals surface area contributed by atoms with Crippen LogP contribution in [0.25, 0.3) is 0 Å². The van der Waals surface area contributed by atoms with Gasteiger partial charge in [-0.25, -0.2) is 0 Å². The van der Waals surface area contributed by atoms with Gasteiger partial charge in [0.2, 0.25) is 0 Å². The van der Waals surface area contributed by atoms with Gasteiger partial charge in [0.05, 0.1) is 6.10 Å². The Hall–Kier alpha value is -0.570. The van der Waals surface area contributed by atoms with E-state index in [4.69, 9.17) is 4.74 Å². The van der Waals surface area contributed by atoms with Crippen LogP contribution in [0, 0.1) is 52.3 Å². The summed E-state index contributed by atoms with van der Waals surface area (Å²) in [6.45, 7) is 13.9. The van der Waals surface area contributed by atoms with Crippen molar-refractivity contribution in [3.05, 3.63) is 0 Å². The second-order valence-corrected chi connectivity index (χ2v) is 13.3. The number of carbonyl (C=O) groups is 1. The zero-order valence-electron chi connectivity index (χ0n) is 21.7. The summed E-state index contributed by atoms with van der Waals surface area (Å²) >= 11 is 0. The van der Waals surface area contributed by atoms with E-state index in [9.17, 15) is 9.90 Å². The van der Waals surface area contributed by atoms with Crippen LogP contribution >= 0.6 is 0 Å². The maximum absolute atomic E-state index is 11.5. The van der Waals surface area contributed by atoms with Gasteiger partial charge in [0, 0.05) is 6.92 Å². The highest BCUT2D eigenvalue weighted by molar-refractivity contribution is 5.66. The molecule has 4 fully saturated rings. The molecule has 0 aromatic rings. The molecular weight excluding hydrogens is 396 g/mol. The minimum Gasteiger partial charge on any atom is -0.463 e. The lowest BCUT2D eigenvalue weighted by atomic mass is 9.43. The third-order valence-corrected chi connectivity index (χ3v) is 11.2. The van der Waals surface area contributed by atoms with Crippen LogP contribution in [0.4, 0.5) is 0 Å². The summed E-state index contributed by atoms with van der Waals surface area (Å²) in [4.78, 5) is 11.5. The molecule has 0 aliphatic heterocycles. The molecule has 10 atom stereocenters. The Balaban J connectivity index is 1.48. The van der Waals surface area contributed by atoms with E-state index in [1.165, 1.54) is 51.9 Å². The van der Waals surface area contributed by atoms with Crippen LogP contribution in [0.5, 0.6) is 0 Å². The predicted molar refractivity (Wildman–Crippen MR) is 130 cm³/mol. The Kier molecular flexibility index (Phi) is 7.08. The molecule has 184 valence electrons. The first-order chi connectivity index (χ1) is 15.1. The SMILES string of the molecule is CC(=O)O[C@H]1CC[C@@]2(C)[C@H](C1)C[C@@H](O)[C@@H]1[C@@H]2CC[C@]2(C)[C@@H]([C@@H](C)CCCC(C)C)CC[C@@H]12. The molecule has 0 aromatic heterocycles. The van der Waals surface area contributed by atoms with Crippen LogP contribution in [0.1, 0.15) is 112 Å². The summed E-state index contributed by atoms with van der Waals surface area (Å²) in [6, 6.07) is 0. The number of hydrogen-bond donors (Lipinski definition) is 1. The second kappa shape index (κ2) is 9.23. The molecule has 4 aliphatic carbocycles. The van der Waals surface area contributed by atoms with E-state index < -0.39 is 0 Å². The molecule has 0 radical (unpaired) electrons. The molecule has 32 heavy (non-hydrogen) atoms. The van der Waals surface area contributed by atoms with Crippen molar-refractivity contribution < 1.29 is 14.6 Å². The van der Waals surface area contributed by atoms with E-state index in [0.717, 1.165) is 43.4 Å². The lowest BCUT2D eigenvalue weighted by molar-refractivity contribution is -0.182. The molecule has 4 saturated carbocycles. The number of aliphatic hydroxyl groups is 1. The lowest BCUT2D eigenvalue weighted by Crippen LogP contribution is -2.58. The van der Waals surface area contributed by atoms with Crippen molar-refractivity contribution in [2.45, 2.75) is 124 Å². The van der Waals surface area contributed by atoms with E-state index in [-0.39, 0.29) is 18.2 Å². The molecule has 4 aliphatic rings. The zero-order valence-corrected chi connectivity index (χ0v) is 21.7. The average Bonchev–Trinajstić information content (AvgIpc) is 3.05. The molecule has 0 saturated heterocycles. The lowest BCUT2D eigenvalue weighted by Gasteiger charge is -2.62. The molecule has 3 heteroatoms. The standard InChI is InChI=1S/C29H50O3/c1-18(2)8-7-9-19(3)23-10-11-24-27-25(13-15-29(23,24)6)28(5)14-12-22(32-20(4)30)16-21(28)17-26(27)31/h18-19,21-27,31H,7-17H2,1-6H3/t19-,21+,22-,23+,24-,25-,26+,27-,28-,29+/m0/s1. The van der Waals surface area contributed by atoms with Crippen LogP contribution in [0.3, 0.4) is 0 Å². The monoisotopic (exact) mass is 446 g/mol. The van der Waals surface area contributed by atoms with Crippen molar-refractivity contribution in [1.82, 2.24) is 0 Å². The van der Waals surface area contributed by atoms with Gasteiger partial charge in [-0.3, -0.25) is 4.79 Å². The molecular formula is C29H50O3. The van der Waals surface area contributed by atoms with Crippen LogP contribution < -0.4 is 0 Å². The molecule has 0 bridgehead atoms. The molecule has 0 amide bonds. The predicted octanol–water partition coefficient (Wildman–Crippen LogP) is 7.01. The molecule has 3 nitrogen and oxygen atoms in total. The summed E-state index contributed by atoms with van der Waals surface area (Å²) in [5.41, 5.74) is 0.723. The summed E-state index contributed by atoms with van der Waals surface area (Å²) in [5, 5.41) is 11.5. The first-order valence-electron chi connectivity index (χ1n) is 13.9. The molecule has 1 N–H and O–H groups in total. The number of esters is 1. The molecule has 0 spiro atoms. The largest absolute Gasteiger partial charge is 0.463 e. The third kappa shape index (κ3) is 4.29. The Bertz CT molecular complexity index is 673. The highest BCUT2D eigenvalue weighted by atomic mass is 16.5. The fourth-order valence-corrected chi connectivity index (χ4v) is 9.55. The van der Waals surface area contributed by atoms with Gasteiger partial charge in [-0.05, 0) is 104 Å². The summed E-state index contributed by atoms with van der Waals surface area (Å²) in [6.07, 6.45) is 13.3. The van der Waals surface area contributed by atoms with Crippen molar-refractivity contribution in [3.63, 3.8) is 0 Å². The highest BCUT2D eigenvalue weighted by Crippen LogP contribution is 2.68. The number of fused-ring (bicyclic) bond motifs is 5. The minimum absolute atomic E-state index is 0.0609. The van der Waals surface area contributed by atoms with E-state index in [1.807, 2.05) is 0 Å². The van der Waals surface area contributed by atoms with Gasteiger partial charge in [-0.15, -0.1) is 0 Å². The number of rotatable bonds is 6. The number of hydrogen-bond acceptors (Lipinski definition) is 3. The van der Waals surface area contributed by atoms with E-state index >= 15 is 0 Å². The van der Waals surface area contributed by atoms with Crippen molar-refractivity contribution in [2.75, 3.05) is 0 Å². The van der Waals surface area contributed by atoms with Gasteiger partial charge in [0.15, 0.2) is 0 Å². The normalized spacial score (nSPS) is 46.8. The first kappa shape index (κ1) is 24.6. The summed E-state index contributed by atoms with van der Waals surface area (Å²) in [5.74, 6) is 4.61. The van der Waals surface area contributed by atoms with Gasteiger partial charge in [0.25, 0.3) is 0 Å². The quantitative estimate of drug-likeness (QED) is 0.446. The van der Waals surface area contributed by atoms with Gasteiger partial charge in [-0.2, -0.15) is 0 Å². The smallest absolute Gasteiger partial charge is 0.302 e. The van der Waals surface area contributed by atoms with Crippen molar-refractivity contribution >= 4 is 5.97 Å². The number of carbonyl (C=O) groups excluding carboxylic acids is 1. The summed E-state index contributed by atoms with van der Waals surface area (Å²) in [7, 11) is 0. The Morgan fingerprint density at radius 1 is 0.969 bits per heavy atom. The first-order valence-corrected chi connectivity index (χ1v) is 13.9. The van der Waals surface area contributed by atoms with Crippen LogP contribution in [-0.2, 0) is 9.53 Å². The average molecular weight is 447 g/mol. The fraction of sp³-hybridized carbons (Fsp3) is 0.966. The second-order valence-electron chi connectivity index (χ2n) is 13.3. The maximum atomic E-state index is 11.5. The Morgan fingerprint density at radius 3 is 2.34 bits per heavy atom. The highest BCUT2D eigenvalue weighted by Gasteiger charge is 2.63. The maximum Gasteiger partial charge on any atom is 0.302 e. The molecule has 4 rings (SSSR count). The van der Waals surface area contributed by atoms with Gasteiger partial charge < -0.3 is 9.84 Å². The zero-order chi connectivity index (χ0) is 23.3. The summed E-state index contributed by atoms with van der Waals surface area (Å²) < 4.78 is 5.61.